The van der Waals surface area contributed by atoms with Crippen molar-refractivity contribution in [3.63, 3.8) is 0 Å². The van der Waals surface area contributed by atoms with Gasteiger partial charge in [-0.2, -0.15) is 0 Å². The van der Waals surface area contributed by atoms with Crippen LogP contribution in [-0.4, -0.2) is 14.3 Å². The van der Waals surface area contributed by atoms with Crippen LogP contribution >= 0.6 is 0 Å². The van der Waals surface area contributed by atoms with E-state index in [1.54, 1.807) is 12.1 Å². The number of aryl methyl sites for hydroxylation is 1. The second kappa shape index (κ2) is 5.20. The van der Waals surface area contributed by atoms with E-state index in [9.17, 15) is 9.59 Å². The molecule has 0 fully saturated rings. The van der Waals surface area contributed by atoms with Gasteiger partial charge in [0.15, 0.2) is 0 Å². The Labute approximate surface area is 115 Å². The zero-order valence-electron chi connectivity index (χ0n) is 11.6. The molecule has 0 aliphatic heterocycles. The van der Waals surface area contributed by atoms with Gasteiger partial charge in [-0.3, -0.25) is 9.36 Å². The maximum atomic E-state index is 12.0. The summed E-state index contributed by atoms with van der Waals surface area (Å²) in [6.07, 6.45) is 0. The molecule has 0 bridgehead atoms. The monoisotopic (exact) mass is 275 g/mol. The summed E-state index contributed by atoms with van der Waals surface area (Å²) in [7, 11) is 2.92. The third kappa shape index (κ3) is 2.56. The number of hydrogen-bond donors (Lipinski definition) is 2. The SMILES string of the molecule is CC(Nc1nn(C)c(=O)n(C)c1=O)c1ccc(N)cc1. The van der Waals surface area contributed by atoms with E-state index in [4.69, 9.17) is 5.73 Å². The van der Waals surface area contributed by atoms with Gasteiger partial charge in [-0.05, 0) is 24.6 Å². The highest BCUT2D eigenvalue weighted by molar-refractivity contribution is 5.42. The maximum absolute atomic E-state index is 12.0. The van der Waals surface area contributed by atoms with E-state index in [2.05, 4.69) is 10.4 Å². The van der Waals surface area contributed by atoms with Crippen LogP contribution in [0, 0.1) is 0 Å². The van der Waals surface area contributed by atoms with E-state index in [0.29, 0.717) is 5.69 Å². The predicted octanol–water partition coefficient (Wildman–Crippen LogP) is 0.234. The van der Waals surface area contributed by atoms with Crippen LogP contribution < -0.4 is 22.3 Å². The lowest BCUT2D eigenvalue weighted by Crippen LogP contribution is -2.40. The number of nitrogens with zero attached hydrogens (tertiary/aromatic N) is 3. The van der Waals surface area contributed by atoms with E-state index in [1.165, 1.54) is 14.1 Å². The van der Waals surface area contributed by atoms with Gasteiger partial charge in [0.2, 0.25) is 5.82 Å². The van der Waals surface area contributed by atoms with Crippen molar-refractivity contribution >= 4 is 11.5 Å². The van der Waals surface area contributed by atoms with Crippen LogP contribution in [0.5, 0.6) is 0 Å². The van der Waals surface area contributed by atoms with Gasteiger partial charge < -0.3 is 11.1 Å². The van der Waals surface area contributed by atoms with E-state index in [-0.39, 0.29) is 11.9 Å². The molecule has 0 aliphatic rings. The van der Waals surface area contributed by atoms with Gasteiger partial charge in [0.05, 0.1) is 6.04 Å². The number of anilines is 2. The Morgan fingerprint density at radius 1 is 1.20 bits per heavy atom. The Hall–Kier alpha value is -2.57. The minimum atomic E-state index is -0.458. The summed E-state index contributed by atoms with van der Waals surface area (Å²) < 4.78 is 2.14. The van der Waals surface area contributed by atoms with Crippen molar-refractivity contribution < 1.29 is 0 Å². The molecule has 2 rings (SSSR count). The molecular weight excluding hydrogens is 258 g/mol. The highest BCUT2D eigenvalue weighted by atomic mass is 16.2. The molecule has 0 saturated carbocycles. The Kier molecular flexibility index (Phi) is 3.60. The molecule has 3 N–H and O–H groups in total. The fourth-order valence-electron chi connectivity index (χ4n) is 1.86. The lowest BCUT2D eigenvalue weighted by atomic mass is 10.1. The number of nitrogen functional groups attached to an aromatic ring is 1. The molecule has 0 saturated heterocycles. The molecule has 1 unspecified atom stereocenters. The van der Waals surface area contributed by atoms with Crippen LogP contribution in [0.3, 0.4) is 0 Å². The molecule has 106 valence electrons. The normalized spacial score (nSPS) is 12.2. The highest BCUT2D eigenvalue weighted by Crippen LogP contribution is 2.16. The van der Waals surface area contributed by atoms with E-state index in [1.807, 2.05) is 19.1 Å². The molecule has 1 aromatic carbocycles. The first-order valence-electron chi connectivity index (χ1n) is 6.16. The molecule has 20 heavy (non-hydrogen) atoms. The fourth-order valence-corrected chi connectivity index (χ4v) is 1.86. The van der Waals surface area contributed by atoms with Crippen LogP contribution in [0.1, 0.15) is 18.5 Å². The van der Waals surface area contributed by atoms with Crippen molar-refractivity contribution in [2.45, 2.75) is 13.0 Å². The second-order valence-electron chi connectivity index (χ2n) is 4.65. The summed E-state index contributed by atoms with van der Waals surface area (Å²) in [5.74, 6) is 0.138. The largest absolute Gasteiger partial charge is 0.399 e. The molecule has 0 aliphatic carbocycles. The molecule has 7 nitrogen and oxygen atoms in total. The summed E-state index contributed by atoms with van der Waals surface area (Å²) in [5.41, 5.74) is 6.38. The van der Waals surface area contributed by atoms with E-state index in [0.717, 1.165) is 14.8 Å². The van der Waals surface area contributed by atoms with Crippen LogP contribution in [0.25, 0.3) is 0 Å². The number of benzene rings is 1. The fraction of sp³-hybridized carbons (Fsp3) is 0.308. The smallest absolute Gasteiger partial charge is 0.346 e. The molecule has 0 amide bonds. The van der Waals surface area contributed by atoms with Gasteiger partial charge in [-0.1, -0.05) is 12.1 Å². The highest BCUT2D eigenvalue weighted by Gasteiger charge is 2.12. The summed E-state index contributed by atoms with van der Waals surface area (Å²) >= 11 is 0. The first kappa shape index (κ1) is 13.9. The number of rotatable bonds is 3. The van der Waals surface area contributed by atoms with Crippen molar-refractivity contribution in [1.29, 1.82) is 0 Å². The van der Waals surface area contributed by atoms with Gasteiger partial charge in [0.1, 0.15) is 0 Å². The van der Waals surface area contributed by atoms with Crippen molar-refractivity contribution in [3.8, 4) is 0 Å². The summed E-state index contributed by atoms with van der Waals surface area (Å²) in [6, 6.07) is 7.20. The zero-order valence-corrected chi connectivity index (χ0v) is 11.6. The Bertz CT molecular complexity index is 730. The molecule has 1 atom stereocenters. The molecular formula is C13H17N5O2. The van der Waals surface area contributed by atoms with E-state index >= 15 is 0 Å². The van der Waals surface area contributed by atoms with Crippen molar-refractivity contribution in [3.05, 3.63) is 50.7 Å². The number of nitrogens with one attached hydrogen (secondary N) is 1. The van der Waals surface area contributed by atoms with Crippen molar-refractivity contribution in [2.24, 2.45) is 14.1 Å². The summed E-state index contributed by atoms with van der Waals surface area (Å²) in [5, 5.41) is 6.96. The van der Waals surface area contributed by atoms with Gasteiger partial charge >= 0.3 is 5.69 Å². The standard InChI is InChI=1S/C13H17N5O2/c1-8(9-4-6-10(14)7-5-9)15-11-12(19)17(2)13(20)18(3)16-11/h4-8H,14H2,1-3H3,(H,15,16). The van der Waals surface area contributed by atoms with Crippen LogP contribution in [0.4, 0.5) is 11.5 Å². The van der Waals surface area contributed by atoms with Crippen molar-refractivity contribution in [1.82, 2.24) is 14.3 Å². The summed E-state index contributed by atoms with van der Waals surface area (Å²) in [6.45, 7) is 1.90. The number of aromatic nitrogens is 3. The number of hydrogen-bond acceptors (Lipinski definition) is 5. The van der Waals surface area contributed by atoms with Crippen LogP contribution in [0.2, 0.25) is 0 Å². The maximum Gasteiger partial charge on any atom is 0.346 e. The van der Waals surface area contributed by atoms with Gasteiger partial charge in [0, 0.05) is 19.8 Å². The van der Waals surface area contributed by atoms with Crippen LogP contribution in [-0.2, 0) is 14.1 Å². The average Bonchev–Trinajstić information content (AvgIpc) is 2.43. The van der Waals surface area contributed by atoms with E-state index < -0.39 is 11.2 Å². The molecule has 0 radical (unpaired) electrons. The summed E-state index contributed by atoms with van der Waals surface area (Å²) in [4.78, 5) is 23.5. The first-order valence-corrected chi connectivity index (χ1v) is 6.16. The number of nitrogens with two attached hydrogens (primary N) is 1. The molecule has 0 spiro atoms. The third-order valence-corrected chi connectivity index (χ3v) is 3.11. The van der Waals surface area contributed by atoms with Crippen molar-refractivity contribution in [2.75, 3.05) is 11.1 Å². The minimum Gasteiger partial charge on any atom is -0.399 e. The molecule has 7 heteroatoms. The Balaban J connectivity index is 2.33. The first-order chi connectivity index (χ1) is 9.40. The Morgan fingerprint density at radius 2 is 1.80 bits per heavy atom. The molecule has 2 aromatic rings. The van der Waals surface area contributed by atoms with Gasteiger partial charge in [-0.25, -0.2) is 9.48 Å². The van der Waals surface area contributed by atoms with Gasteiger partial charge in [0.25, 0.3) is 5.56 Å². The van der Waals surface area contributed by atoms with Crippen LogP contribution in [0.15, 0.2) is 33.9 Å². The Morgan fingerprint density at radius 3 is 2.40 bits per heavy atom. The predicted molar refractivity (Wildman–Crippen MR) is 77.6 cm³/mol. The quantitative estimate of drug-likeness (QED) is 0.782. The third-order valence-electron chi connectivity index (χ3n) is 3.11. The topological polar surface area (TPSA) is 94.9 Å². The molecule has 1 aromatic heterocycles. The molecule has 1 heterocycles. The lowest BCUT2D eigenvalue weighted by Gasteiger charge is -2.15. The second-order valence-corrected chi connectivity index (χ2v) is 4.65. The minimum absolute atomic E-state index is 0.131. The van der Waals surface area contributed by atoms with Gasteiger partial charge in [-0.15, -0.1) is 5.10 Å². The zero-order chi connectivity index (χ0) is 14.9. The lowest BCUT2D eigenvalue weighted by molar-refractivity contribution is 0.601. The average molecular weight is 275 g/mol.